The summed E-state index contributed by atoms with van der Waals surface area (Å²) in [5.74, 6) is -0.0528. The summed E-state index contributed by atoms with van der Waals surface area (Å²) in [7, 11) is 0. The molecule has 8 heteroatoms. The van der Waals surface area contributed by atoms with Crippen LogP contribution in [0.5, 0.6) is 5.88 Å². The SMILES string of the molecule is O=C(O)NCCCNCc1ccc2c(n1)OC(=O)CN2. The van der Waals surface area contributed by atoms with Crippen molar-refractivity contribution in [1.29, 1.82) is 0 Å². The minimum atomic E-state index is -1.02. The molecule has 20 heavy (non-hydrogen) atoms. The maximum atomic E-state index is 11.1. The molecule has 1 aliphatic rings. The van der Waals surface area contributed by atoms with Crippen LogP contribution < -0.4 is 20.7 Å². The van der Waals surface area contributed by atoms with Crippen LogP contribution in [-0.4, -0.2) is 41.8 Å². The molecule has 0 radical (unpaired) electrons. The van der Waals surface area contributed by atoms with Crippen molar-refractivity contribution in [2.45, 2.75) is 13.0 Å². The quantitative estimate of drug-likeness (QED) is 0.433. The van der Waals surface area contributed by atoms with Crippen LogP contribution in [-0.2, 0) is 11.3 Å². The molecule has 0 saturated carbocycles. The number of pyridine rings is 1. The lowest BCUT2D eigenvalue weighted by molar-refractivity contribution is -0.133. The first-order valence-corrected chi connectivity index (χ1v) is 6.27. The van der Waals surface area contributed by atoms with Gasteiger partial charge in [-0.15, -0.1) is 0 Å². The number of nitrogens with zero attached hydrogens (tertiary/aromatic N) is 1. The number of aromatic nitrogens is 1. The fourth-order valence-electron chi connectivity index (χ4n) is 1.73. The Kier molecular flexibility index (Phi) is 4.72. The molecule has 0 aromatic carbocycles. The minimum Gasteiger partial charge on any atom is -0.465 e. The van der Waals surface area contributed by atoms with Crippen molar-refractivity contribution in [3.63, 3.8) is 0 Å². The third-order valence-electron chi connectivity index (χ3n) is 2.66. The van der Waals surface area contributed by atoms with Crippen molar-refractivity contribution in [2.24, 2.45) is 0 Å². The van der Waals surface area contributed by atoms with Crippen molar-refractivity contribution in [3.8, 4) is 5.88 Å². The van der Waals surface area contributed by atoms with Crippen LogP contribution in [0.2, 0.25) is 0 Å². The average Bonchev–Trinajstić information content (AvgIpc) is 2.42. The molecule has 1 amide bonds. The van der Waals surface area contributed by atoms with Gasteiger partial charge >= 0.3 is 12.1 Å². The van der Waals surface area contributed by atoms with Crippen LogP contribution in [0.3, 0.4) is 0 Å². The molecule has 1 aliphatic heterocycles. The Morgan fingerprint density at radius 2 is 2.30 bits per heavy atom. The van der Waals surface area contributed by atoms with Crippen LogP contribution in [0, 0.1) is 0 Å². The highest BCUT2D eigenvalue weighted by molar-refractivity contribution is 5.82. The van der Waals surface area contributed by atoms with E-state index in [4.69, 9.17) is 9.84 Å². The molecule has 4 N–H and O–H groups in total. The number of fused-ring (bicyclic) bond motifs is 1. The van der Waals surface area contributed by atoms with Crippen LogP contribution >= 0.6 is 0 Å². The van der Waals surface area contributed by atoms with Gasteiger partial charge < -0.3 is 25.8 Å². The predicted molar refractivity (Wildman–Crippen MR) is 70.7 cm³/mol. The molecule has 1 aromatic rings. The average molecular weight is 280 g/mol. The lowest BCUT2D eigenvalue weighted by Gasteiger charge is -2.16. The standard InChI is InChI=1S/C12H16N4O4/c17-10-7-15-9-3-2-8(16-11(9)20-10)6-13-4-1-5-14-12(18)19/h2-3,13-15H,1,4-7H2,(H,18,19). The minimum absolute atomic E-state index is 0.156. The van der Waals surface area contributed by atoms with Gasteiger partial charge in [0.15, 0.2) is 0 Å². The molecule has 0 bridgehead atoms. The first-order chi connectivity index (χ1) is 9.65. The predicted octanol–water partition coefficient (Wildman–Crippen LogP) is 0.160. The summed E-state index contributed by atoms with van der Waals surface area (Å²) < 4.78 is 5.03. The second-order valence-corrected chi connectivity index (χ2v) is 4.25. The molecule has 108 valence electrons. The van der Waals surface area contributed by atoms with E-state index in [9.17, 15) is 9.59 Å². The second-order valence-electron chi connectivity index (χ2n) is 4.25. The van der Waals surface area contributed by atoms with Gasteiger partial charge in [0.2, 0.25) is 5.88 Å². The molecule has 2 rings (SSSR count). The van der Waals surface area contributed by atoms with Crippen molar-refractivity contribution < 1.29 is 19.4 Å². The number of ether oxygens (including phenoxy) is 1. The van der Waals surface area contributed by atoms with E-state index in [0.29, 0.717) is 37.6 Å². The van der Waals surface area contributed by atoms with Crippen LogP contribution in [0.15, 0.2) is 12.1 Å². The first-order valence-electron chi connectivity index (χ1n) is 6.27. The van der Waals surface area contributed by atoms with E-state index in [2.05, 4.69) is 20.9 Å². The molecule has 0 atom stereocenters. The van der Waals surface area contributed by atoms with Gasteiger partial charge in [0.05, 0.1) is 11.4 Å². The number of hydrogen-bond acceptors (Lipinski definition) is 6. The Bertz CT molecular complexity index is 506. The van der Waals surface area contributed by atoms with Gasteiger partial charge in [-0.2, -0.15) is 0 Å². The van der Waals surface area contributed by atoms with Crippen LogP contribution in [0.4, 0.5) is 10.5 Å². The molecule has 0 fully saturated rings. The smallest absolute Gasteiger partial charge is 0.404 e. The fraction of sp³-hybridized carbons (Fsp3) is 0.417. The van der Waals surface area contributed by atoms with Gasteiger partial charge in [-0.25, -0.2) is 14.6 Å². The molecule has 0 unspecified atom stereocenters. The van der Waals surface area contributed by atoms with E-state index in [1.54, 1.807) is 0 Å². The van der Waals surface area contributed by atoms with E-state index in [1.807, 2.05) is 12.1 Å². The Morgan fingerprint density at radius 3 is 3.10 bits per heavy atom. The summed E-state index contributed by atoms with van der Waals surface area (Å²) in [6.45, 7) is 1.75. The van der Waals surface area contributed by atoms with E-state index < -0.39 is 6.09 Å². The van der Waals surface area contributed by atoms with Crippen molar-refractivity contribution in [1.82, 2.24) is 15.6 Å². The number of rotatable bonds is 6. The Labute approximate surface area is 115 Å². The third kappa shape index (κ3) is 4.09. The topological polar surface area (TPSA) is 113 Å². The number of anilines is 1. The summed E-state index contributed by atoms with van der Waals surface area (Å²) in [6, 6.07) is 3.66. The highest BCUT2D eigenvalue weighted by atomic mass is 16.5. The van der Waals surface area contributed by atoms with E-state index >= 15 is 0 Å². The van der Waals surface area contributed by atoms with Gasteiger partial charge in [-0.1, -0.05) is 0 Å². The number of nitrogens with one attached hydrogen (secondary N) is 3. The number of hydrogen-bond donors (Lipinski definition) is 4. The molecule has 0 saturated heterocycles. The lowest BCUT2D eigenvalue weighted by atomic mass is 10.3. The number of carbonyl (C=O) groups excluding carboxylic acids is 1. The third-order valence-corrected chi connectivity index (χ3v) is 2.66. The first kappa shape index (κ1) is 14.1. The summed E-state index contributed by atoms with van der Waals surface area (Å²) in [4.78, 5) is 25.6. The Hall–Kier alpha value is -2.35. The van der Waals surface area contributed by atoms with E-state index in [-0.39, 0.29) is 12.5 Å². The van der Waals surface area contributed by atoms with Crippen LogP contribution in [0.1, 0.15) is 12.1 Å². The van der Waals surface area contributed by atoms with E-state index in [0.717, 1.165) is 5.69 Å². The maximum Gasteiger partial charge on any atom is 0.404 e. The molecular formula is C12H16N4O4. The summed E-state index contributed by atoms with van der Waals surface area (Å²) in [6.07, 6.45) is -0.330. The zero-order valence-corrected chi connectivity index (χ0v) is 10.8. The molecule has 0 spiro atoms. The normalized spacial score (nSPS) is 13.1. The number of carboxylic acid groups (broad SMARTS) is 1. The number of amides is 1. The zero-order valence-electron chi connectivity index (χ0n) is 10.8. The monoisotopic (exact) mass is 280 g/mol. The van der Waals surface area contributed by atoms with Gasteiger partial charge in [-0.3, -0.25) is 0 Å². The maximum absolute atomic E-state index is 11.1. The lowest BCUT2D eigenvalue weighted by Crippen LogP contribution is -2.27. The summed E-state index contributed by atoms with van der Waals surface area (Å²) in [5.41, 5.74) is 1.46. The van der Waals surface area contributed by atoms with Crippen LogP contribution in [0.25, 0.3) is 0 Å². The highest BCUT2D eigenvalue weighted by Gasteiger charge is 2.17. The summed E-state index contributed by atoms with van der Waals surface area (Å²) in [5, 5.41) is 16.7. The molecule has 0 aliphatic carbocycles. The van der Waals surface area contributed by atoms with Gasteiger partial charge in [-0.05, 0) is 25.1 Å². The van der Waals surface area contributed by atoms with Gasteiger partial charge in [0.1, 0.15) is 6.54 Å². The second kappa shape index (κ2) is 6.71. The molecule has 8 nitrogen and oxygen atoms in total. The van der Waals surface area contributed by atoms with Crippen molar-refractivity contribution in [3.05, 3.63) is 17.8 Å². The zero-order chi connectivity index (χ0) is 14.4. The Balaban J connectivity index is 1.75. The molecule has 1 aromatic heterocycles. The molecular weight excluding hydrogens is 264 g/mol. The summed E-state index contributed by atoms with van der Waals surface area (Å²) >= 11 is 0. The highest BCUT2D eigenvalue weighted by Crippen LogP contribution is 2.24. The molecule has 2 heterocycles. The number of carbonyl (C=O) groups is 2. The largest absolute Gasteiger partial charge is 0.465 e. The Morgan fingerprint density at radius 1 is 1.45 bits per heavy atom. The van der Waals surface area contributed by atoms with Crippen molar-refractivity contribution >= 4 is 17.7 Å². The van der Waals surface area contributed by atoms with Gasteiger partial charge in [0, 0.05) is 13.1 Å². The van der Waals surface area contributed by atoms with Crippen molar-refractivity contribution in [2.75, 3.05) is 25.0 Å². The van der Waals surface area contributed by atoms with E-state index in [1.165, 1.54) is 0 Å². The van der Waals surface area contributed by atoms with Gasteiger partial charge in [0.25, 0.3) is 0 Å². The fourth-order valence-corrected chi connectivity index (χ4v) is 1.73. The number of esters is 1.